The smallest absolute Gasteiger partial charge is 0.326 e. The van der Waals surface area contributed by atoms with Crippen LogP contribution in [0.4, 0.5) is 11.5 Å². The van der Waals surface area contributed by atoms with Gasteiger partial charge >= 0.3 is 11.7 Å². The quantitative estimate of drug-likeness (QED) is 0.629. The number of carboxylic acids is 1. The molecule has 2 N–H and O–H groups in total. The molecule has 0 fully saturated rings. The molecule has 0 aliphatic heterocycles. The van der Waals surface area contributed by atoms with Crippen molar-refractivity contribution in [2.45, 2.75) is 19.9 Å². The molecular formula is C10H12ClN3O4. The van der Waals surface area contributed by atoms with E-state index < -0.39 is 16.9 Å². The normalized spacial score (nSPS) is 12.2. The van der Waals surface area contributed by atoms with Gasteiger partial charge in [0.15, 0.2) is 0 Å². The lowest BCUT2D eigenvalue weighted by Crippen LogP contribution is -2.34. The molecule has 0 radical (unpaired) electrons. The van der Waals surface area contributed by atoms with Crippen LogP contribution in [-0.2, 0) is 4.79 Å². The Hall–Kier alpha value is -1.89. The highest BCUT2D eigenvalue weighted by Crippen LogP contribution is 2.26. The SMILES string of the molecule is CC(C)[C@H](Nc1ncc(Cl)cc1[N+](=O)[O-])C(=O)O. The Morgan fingerprint density at radius 1 is 1.61 bits per heavy atom. The molecule has 0 aromatic carbocycles. The average molecular weight is 274 g/mol. The molecule has 0 aliphatic carbocycles. The molecule has 1 rings (SSSR count). The molecule has 0 bridgehead atoms. The zero-order valence-corrected chi connectivity index (χ0v) is 10.5. The number of halogens is 1. The van der Waals surface area contributed by atoms with Crippen LogP contribution >= 0.6 is 11.6 Å². The summed E-state index contributed by atoms with van der Waals surface area (Å²) in [6.45, 7) is 3.38. The van der Waals surface area contributed by atoms with E-state index in [1.807, 2.05) is 0 Å². The maximum absolute atomic E-state index is 11.0. The maximum Gasteiger partial charge on any atom is 0.326 e. The molecule has 7 nitrogen and oxygen atoms in total. The van der Waals surface area contributed by atoms with Gasteiger partial charge in [0.25, 0.3) is 0 Å². The van der Waals surface area contributed by atoms with Gasteiger partial charge in [0, 0.05) is 12.3 Å². The van der Waals surface area contributed by atoms with Crippen LogP contribution < -0.4 is 5.32 Å². The molecule has 1 atom stereocenters. The summed E-state index contributed by atoms with van der Waals surface area (Å²) in [5, 5.41) is 22.5. The summed E-state index contributed by atoms with van der Waals surface area (Å²) in [5.41, 5.74) is -0.352. The second-order valence-electron chi connectivity index (χ2n) is 3.98. The number of aliphatic carboxylic acids is 1. The predicted molar refractivity (Wildman–Crippen MR) is 65.8 cm³/mol. The van der Waals surface area contributed by atoms with Gasteiger partial charge in [-0.1, -0.05) is 25.4 Å². The number of pyridine rings is 1. The van der Waals surface area contributed by atoms with Crippen molar-refractivity contribution >= 4 is 29.1 Å². The van der Waals surface area contributed by atoms with Crippen molar-refractivity contribution in [1.29, 1.82) is 0 Å². The van der Waals surface area contributed by atoms with Gasteiger partial charge in [0.2, 0.25) is 5.82 Å². The van der Waals surface area contributed by atoms with Crippen LogP contribution in [-0.4, -0.2) is 27.0 Å². The number of anilines is 1. The number of hydrogen-bond donors (Lipinski definition) is 2. The number of aromatic nitrogens is 1. The van der Waals surface area contributed by atoms with Crippen molar-refractivity contribution in [3.05, 3.63) is 27.4 Å². The first kappa shape index (κ1) is 14.2. The van der Waals surface area contributed by atoms with E-state index in [0.717, 1.165) is 6.07 Å². The minimum absolute atomic E-state index is 0.106. The fourth-order valence-electron chi connectivity index (χ4n) is 1.34. The lowest BCUT2D eigenvalue weighted by molar-refractivity contribution is -0.384. The van der Waals surface area contributed by atoms with Crippen molar-refractivity contribution in [3.8, 4) is 0 Å². The van der Waals surface area contributed by atoms with E-state index in [2.05, 4.69) is 10.3 Å². The topological polar surface area (TPSA) is 105 Å². The van der Waals surface area contributed by atoms with Gasteiger partial charge in [-0.3, -0.25) is 10.1 Å². The molecule has 1 heterocycles. The second-order valence-corrected chi connectivity index (χ2v) is 4.42. The lowest BCUT2D eigenvalue weighted by atomic mass is 10.0. The minimum atomic E-state index is -1.10. The van der Waals surface area contributed by atoms with Crippen molar-refractivity contribution in [2.75, 3.05) is 5.32 Å². The van der Waals surface area contributed by atoms with E-state index in [0.29, 0.717) is 0 Å². The molecule has 8 heteroatoms. The first-order valence-electron chi connectivity index (χ1n) is 5.12. The summed E-state index contributed by atoms with van der Waals surface area (Å²) in [6.07, 6.45) is 1.22. The molecule has 0 spiro atoms. The Morgan fingerprint density at radius 2 is 2.22 bits per heavy atom. The standard InChI is InChI=1S/C10H12ClN3O4/c1-5(2)8(10(15)16)13-9-7(14(17)18)3-6(11)4-12-9/h3-5,8H,1-2H3,(H,12,13)(H,15,16)/t8-/m0/s1. The van der Waals surface area contributed by atoms with Crippen LogP contribution in [0.1, 0.15) is 13.8 Å². The van der Waals surface area contributed by atoms with Crippen LogP contribution in [0.5, 0.6) is 0 Å². The fraction of sp³-hybridized carbons (Fsp3) is 0.400. The van der Waals surface area contributed by atoms with Gasteiger partial charge in [-0.15, -0.1) is 0 Å². The lowest BCUT2D eigenvalue weighted by Gasteiger charge is -2.18. The van der Waals surface area contributed by atoms with Gasteiger partial charge < -0.3 is 10.4 Å². The van der Waals surface area contributed by atoms with Gasteiger partial charge in [-0.25, -0.2) is 9.78 Å². The highest BCUT2D eigenvalue weighted by Gasteiger charge is 2.25. The summed E-state index contributed by atoms with van der Waals surface area (Å²) < 4.78 is 0. The Morgan fingerprint density at radius 3 is 2.67 bits per heavy atom. The second kappa shape index (κ2) is 5.63. The van der Waals surface area contributed by atoms with Crippen LogP contribution in [0.15, 0.2) is 12.3 Å². The third-order valence-corrected chi connectivity index (χ3v) is 2.46. The number of nitrogens with zero attached hydrogens (tertiary/aromatic N) is 2. The van der Waals surface area contributed by atoms with Gasteiger partial charge in [-0.2, -0.15) is 0 Å². The van der Waals surface area contributed by atoms with Crippen molar-refractivity contribution in [2.24, 2.45) is 5.92 Å². The zero-order chi connectivity index (χ0) is 13.9. The van der Waals surface area contributed by atoms with E-state index in [1.54, 1.807) is 13.8 Å². The first-order chi connectivity index (χ1) is 8.32. The Labute approximate surface area is 108 Å². The number of rotatable bonds is 5. The van der Waals surface area contributed by atoms with Crippen LogP contribution in [0.25, 0.3) is 0 Å². The number of carbonyl (C=O) groups is 1. The molecule has 0 aliphatic rings. The number of nitro groups is 1. The Bertz CT molecular complexity index is 478. The van der Waals surface area contributed by atoms with Crippen LogP contribution in [0.3, 0.4) is 0 Å². The molecule has 0 saturated carbocycles. The third kappa shape index (κ3) is 3.30. The summed E-state index contributed by atoms with van der Waals surface area (Å²) >= 11 is 5.61. The van der Waals surface area contributed by atoms with Gasteiger partial charge in [0.05, 0.1) is 9.95 Å². The first-order valence-corrected chi connectivity index (χ1v) is 5.50. The van der Waals surface area contributed by atoms with E-state index in [1.165, 1.54) is 6.20 Å². The maximum atomic E-state index is 11.0. The van der Waals surface area contributed by atoms with Gasteiger partial charge in [0.1, 0.15) is 6.04 Å². The van der Waals surface area contributed by atoms with Crippen molar-refractivity contribution < 1.29 is 14.8 Å². The van der Waals surface area contributed by atoms with E-state index in [9.17, 15) is 14.9 Å². The highest BCUT2D eigenvalue weighted by molar-refractivity contribution is 6.30. The molecular weight excluding hydrogens is 262 g/mol. The number of hydrogen-bond acceptors (Lipinski definition) is 5. The van der Waals surface area contributed by atoms with Crippen molar-refractivity contribution in [3.63, 3.8) is 0 Å². The molecule has 0 unspecified atom stereocenters. The summed E-state index contributed by atoms with van der Waals surface area (Å²) in [5.74, 6) is -1.46. The summed E-state index contributed by atoms with van der Waals surface area (Å²) in [4.78, 5) is 24.9. The van der Waals surface area contributed by atoms with E-state index in [-0.39, 0.29) is 22.4 Å². The van der Waals surface area contributed by atoms with E-state index in [4.69, 9.17) is 16.7 Å². The van der Waals surface area contributed by atoms with Crippen LogP contribution in [0, 0.1) is 16.0 Å². The summed E-state index contributed by atoms with van der Waals surface area (Å²) in [7, 11) is 0. The summed E-state index contributed by atoms with van der Waals surface area (Å²) in [6, 6.07) is 0.160. The average Bonchev–Trinajstić information content (AvgIpc) is 2.25. The molecule has 1 aromatic rings. The Balaban J connectivity index is 3.10. The number of nitrogens with one attached hydrogen (secondary N) is 1. The molecule has 98 valence electrons. The Kier molecular flexibility index (Phi) is 4.43. The van der Waals surface area contributed by atoms with Crippen molar-refractivity contribution in [1.82, 2.24) is 4.98 Å². The largest absolute Gasteiger partial charge is 0.480 e. The molecule has 18 heavy (non-hydrogen) atoms. The number of carboxylic acid groups (broad SMARTS) is 1. The van der Waals surface area contributed by atoms with Crippen LogP contribution in [0.2, 0.25) is 5.02 Å². The molecule has 1 aromatic heterocycles. The highest BCUT2D eigenvalue weighted by atomic mass is 35.5. The van der Waals surface area contributed by atoms with E-state index >= 15 is 0 Å². The zero-order valence-electron chi connectivity index (χ0n) is 9.75. The predicted octanol–water partition coefficient (Wildman–Crippen LogP) is 2.16. The molecule has 0 amide bonds. The fourth-order valence-corrected chi connectivity index (χ4v) is 1.49. The van der Waals surface area contributed by atoms with Gasteiger partial charge in [-0.05, 0) is 5.92 Å². The monoisotopic (exact) mass is 273 g/mol. The molecule has 0 saturated heterocycles. The minimum Gasteiger partial charge on any atom is -0.480 e. The third-order valence-electron chi connectivity index (χ3n) is 2.26.